The molecule has 0 unspecified atom stereocenters. The Morgan fingerprint density at radius 3 is 2.64 bits per heavy atom. The van der Waals surface area contributed by atoms with E-state index < -0.39 is 0 Å². The van der Waals surface area contributed by atoms with Crippen molar-refractivity contribution in [3.8, 4) is 11.5 Å². The smallest absolute Gasteiger partial charge is 0.213 e. The van der Waals surface area contributed by atoms with Gasteiger partial charge in [0.2, 0.25) is 6.23 Å². The average molecular weight is 336 g/mol. The molecule has 2 atom stereocenters. The number of nitrogens with zero attached hydrogens (tertiary/aromatic N) is 2. The zero-order valence-corrected chi connectivity index (χ0v) is 15.0. The van der Waals surface area contributed by atoms with Crippen molar-refractivity contribution in [2.75, 3.05) is 7.11 Å². The van der Waals surface area contributed by atoms with Gasteiger partial charge in [-0.2, -0.15) is 5.10 Å². The maximum atomic E-state index is 6.34. The lowest BCUT2D eigenvalue weighted by molar-refractivity contribution is -0.0190. The van der Waals surface area contributed by atoms with Crippen molar-refractivity contribution in [2.24, 2.45) is 11.0 Å². The molecule has 2 aliphatic rings. The van der Waals surface area contributed by atoms with Crippen molar-refractivity contribution < 1.29 is 9.47 Å². The molecular formula is C21H24N2O2. The molecule has 2 aromatic rings. The number of hydrogen-bond acceptors (Lipinski definition) is 4. The Kier molecular flexibility index (Phi) is 4.12. The van der Waals surface area contributed by atoms with Crippen LogP contribution in [-0.2, 0) is 0 Å². The normalized spacial score (nSPS) is 21.4. The van der Waals surface area contributed by atoms with Gasteiger partial charge in [-0.1, -0.05) is 32.0 Å². The van der Waals surface area contributed by atoms with Crippen LogP contribution in [0.1, 0.15) is 50.1 Å². The van der Waals surface area contributed by atoms with Crippen molar-refractivity contribution in [1.29, 1.82) is 0 Å². The van der Waals surface area contributed by atoms with Crippen molar-refractivity contribution in [1.82, 2.24) is 5.01 Å². The molecule has 2 aliphatic heterocycles. The Morgan fingerprint density at radius 1 is 1.16 bits per heavy atom. The first kappa shape index (κ1) is 16.0. The fraction of sp³-hybridized carbons (Fsp3) is 0.381. The number of para-hydroxylation sites is 1. The van der Waals surface area contributed by atoms with Gasteiger partial charge in [-0.25, -0.2) is 5.01 Å². The van der Waals surface area contributed by atoms with E-state index in [2.05, 4.69) is 49.2 Å². The largest absolute Gasteiger partial charge is 0.497 e. The summed E-state index contributed by atoms with van der Waals surface area (Å²) < 4.78 is 11.6. The van der Waals surface area contributed by atoms with E-state index >= 15 is 0 Å². The number of benzene rings is 2. The molecule has 0 saturated heterocycles. The van der Waals surface area contributed by atoms with Gasteiger partial charge in [0.25, 0.3) is 0 Å². The van der Waals surface area contributed by atoms with Gasteiger partial charge in [-0.15, -0.1) is 0 Å². The van der Waals surface area contributed by atoms with E-state index in [0.717, 1.165) is 29.9 Å². The maximum Gasteiger partial charge on any atom is 0.213 e. The maximum absolute atomic E-state index is 6.34. The lowest BCUT2D eigenvalue weighted by atomic mass is 9.95. The van der Waals surface area contributed by atoms with Gasteiger partial charge in [0.05, 0.1) is 13.2 Å². The van der Waals surface area contributed by atoms with E-state index in [1.165, 1.54) is 11.3 Å². The van der Waals surface area contributed by atoms with Gasteiger partial charge >= 0.3 is 0 Å². The lowest BCUT2D eigenvalue weighted by Gasteiger charge is -2.38. The molecule has 0 aliphatic carbocycles. The highest BCUT2D eigenvalue weighted by atomic mass is 16.5. The van der Waals surface area contributed by atoms with Crippen LogP contribution < -0.4 is 9.47 Å². The van der Waals surface area contributed by atoms with E-state index in [1.54, 1.807) is 7.11 Å². The third kappa shape index (κ3) is 2.97. The van der Waals surface area contributed by atoms with E-state index in [1.807, 2.05) is 18.2 Å². The minimum Gasteiger partial charge on any atom is -0.497 e. The molecule has 25 heavy (non-hydrogen) atoms. The van der Waals surface area contributed by atoms with Crippen LogP contribution in [0.2, 0.25) is 0 Å². The number of fused-ring (bicyclic) bond motifs is 3. The summed E-state index contributed by atoms with van der Waals surface area (Å²) in [5.41, 5.74) is 3.59. The minimum absolute atomic E-state index is 0.199. The average Bonchev–Trinajstić information content (AvgIpc) is 3.04. The monoisotopic (exact) mass is 336 g/mol. The minimum atomic E-state index is -0.199. The zero-order chi connectivity index (χ0) is 17.4. The predicted octanol–water partition coefficient (Wildman–Crippen LogP) is 4.94. The zero-order valence-electron chi connectivity index (χ0n) is 15.0. The van der Waals surface area contributed by atoms with Crippen LogP contribution in [0.15, 0.2) is 53.6 Å². The fourth-order valence-electron chi connectivity index (χ4n) is 3.68. The van der Waals surface area contributed by atoms with E-state index in [-0.39, 0.29) is 12.3 Å². The summed E-state index contributed by atoms with van der Waals surface area (Å²) in [5, 5.41) is 7.08. The Balaban J connectivity index is 1.71. The number of methoxy groups -OCH3 is 1. The highest BCUT2D eigenvalue weighted by Crippen LogP contribution is 2.47. The molecule has 2 aromatic carbocycles. The van der Waals surface area contributed by atoms with Crippen molar-refractivity contribution in [3.05, 3.63) is 59.7 Å². The Bertz CT molecular complexity index is 783. The SMILES string of the molecule is COc1ccc([C@H]2Oc3ccccc3[C@@H]3CC(CC(C)C)=NN23)cc1. The van der Waals surface area contributed by atoms with Gasteiger partial charge < -0.3 is 9.47 Å². The summed E-state index contributed by atoms with van der Waals surface area (Å²) in [4.78, 5) is 0. The van der Waals surface area contributed by atoms with Crippen LogP contribution in [0.5, 0.6) is 11.5 Å². The third-order valence-corrected chi connectivity index (χ3v) is 4.81. The Morgan fingerprint density at radius 2 is 1.92 bits per heavy atom. The number of rotatable bonds is 4. The Labute approximate surface area is 149 Å². The molecule has 0 N–H and O–H groups in total. The fourth-order valence-corrected chi connectivity index (χ4v) is 3.68. The summed E-state index contributed by atoms with van der Waals surface area (Å²) in [5.74, 6) is 2.42. The van der Waals surface area contributed by atoms with Crippen LogP contribution >= 0.6 is 0 Å². The standard InChI is InChI=1S/C21H24N2O2/c1-14(2)12-16-13-19-18-6-4-5-7-20(18)25-21(23(19)22-16)15-8-10-17(24-3)11-9-15/h4-11,14,19,21H,12-13H2,1-3H3/t19-,21+/m0/s1. The summed E-state index contributed by atoms with van der Waals surface area (Å²) in [6.07, 6.45) is 1.81. The summed E-state index contributed by atoms with van der Waals surface area (Å²) in [6.45, 7) is 4.48. The molecule has 0 aromatic heterocycles. The van der Waals surface area contributed by atoms with Crippen LogP contribution in [0.3, 0.4) is 0 Å². The topological polar surface area (TPSA) is 34.1 Å². The van der Waals surface area contributed by atoms with Crippen LogP contribution in [0, 0.1) is 5.92 Å². The van der Waals surface area contributed by atoms with Crippen molar-refractivity contribution in [2.45, 2.75) is 39.0 Å². The van der Waals surface area contributed by atoms with Gasteiger partial charge in [0.1, 0.15) is 11.5 Å². The van der Waals surface area contributed by atoms with Crippen LogP contribution in [0.25, 0.3) is 0 Å². The predicted molar refractivity (Wildman–Crippen MR) is 98.9 cm³/mol. The highest BCUT2D eigenvalue weighted by molar-refractivity contribution is 5.86. The van der Waals surface area contributed by atoms with E-state index in [4.69, 9.17) is 14.6 Å². The van der Waals surface area contributed by atoms with Crippen molar-refractivity contribution >= 4 is 5.71 Å². The molecule has 0 spiro atoms. The highest BCUT2D eigenvalue weighted by Gasteiger charge is 2.40. The molecular weight excluding hydrogens is 312 g/mol. The first-order chi connectivity index (χ1) is 12.2. The van der Waals surface area contributed by atoms with Crippen molar-refractivity contribution in [3.63, 3.8) is 0 Å². The van der Waals surface area contributed by atoms with Gasteiger partial charge in [-0.05, 0) is 42.7 Å². The summed E-state index contributed by atoms with van der Waals surface area (Å²) in [7, 11) is 1.68. The molecule has 2 heterocycles. The molecule has 0 fully saturated rings. The van der Waals surface area contributed by atoms with Gasteiger partial charge in [0, 0.05) is 23.3 Å². The molecule has 130 valence electrons. The molecule has 0 amide bonds. The summed E-state index contributed by atoms with van der Waals surface area (Å²) in [6, 6.07) is 16.7. The summed E-state index contributed by atoms with van der Waals surface area (Å²) >= 11 is 0. The molecule has 0 radical (unpaired) electrons. The van der Waals surface area contributed by atoms with E-state index in [0.29, 0.717) is 5.92 Å². The lowest BCUT2D eigenvalue weighted by Crippen LogP contribution is -2.33. The van der Waals surface area contributed by atoms with Gasteiger partial charge in [-0.3, -0.25) is 0 Å². The second-order valence-corrected chi connectivity index (χ2v) is 7.15. The van der Waals surface area contributed by atoms with Gasteiger partial charge in [0.15, 0.2) is 0 Å². The van der Waals surface area contributed by atoms with Crippen LogP contribution in [-0.4, -0.2) is 17.8 Å². The molecule has 0 bridgehead atoms. The second-order valence-electron chi connectivity index (χ2n) is 7.15. The first-order valence-corrected chi connectivity index (χ1v) is 8.90. The molecule has 4 nitrogen and oxygen atoms in total. The first-order valence-electron chi connectivity index (χ1n) is 8.90. The quantitative estimate of drug-likeness (QED) is 0.793. The van der Waals surface area contributed by atoms with Crippen LogP contribution in [0.4, 0.5) is 0 Å². The number of ether oxygens (including phenoxy) is 2. The number of hydrogen-bond donors (Lipinski definition) is 0. The molecule has 0 saturated carbocycles. The molecule has 4 heteroatoms. The third-order valence-electron chi connectivity index (χ3n) is 4.81. The Hall–Kier alpha value is -2.49. The van der Waals surface area contributed by atoms with E-state index in [9.17, 15) is 0 Å². The second kappa shape index (κ2) is 6.43. The number of hydrazone groups is 1. The molecule has 4 rings (SSSR count).